The number of carbonyl (C=O) groups excluding carboxylic acids is 2. The molecular weight excluding hydrogens is 542 g/mol. The highest BCUT2D eigenvalue weighted by molar-refractivity contribution is 5.93. The van der Waals surface area contributed by atoms with Crippen molar-refractivity contribution in [3.63, 3.8) is 0 Å². The zero-order valence-corrected chi connectivity index (χ0v) is 23.7. The van der Waals surface area contributed by atoms with Crippen LogP contribution in [0.25, 0.3) is 0 Å². The van der Waals surface area contributed by atoms with Crippen LogP contribution in [0.5, 0.6) is 17.2 Å². The summed E-state index contributed by atoms with van der Waals surface area (Å²) in [5, 5.41) is 5.66. The zero-order chi connectivity index (χ0) is 29.4. The van der Waals surface area contributed by atoms with E-state index in [1.54, 1.807) is 31.4 Å². The van der Waals surface area contributed by atoms with E-state index in [2.05, 4.69) is 15.5 Å². The molecule has 0 bridgehead atoms. The summed E-state index contributed by atoms with van der Waals surface area (Å²) in [5.74, 6) is 1.14. The molecule has 0 saturated carbocycles. The lowest BCUT2D eigenvalue weighted by Gasteiger charge is -2.27. The number of para-hydroxylation sites is 6. The van der Waals surface area contributed by atoms with Crippen LogP contribution in [0, 0.1) is 0 Å². The molecule has 1 aliphatic heterocycles. The van der Waals surface area contributed by atoms with Gasteiger partial charge in [-0.1, -0.05) is 36.4 Å². The zero-order valence-electron chi connectivity index (χ0n) is 23.7. The number of nitrogens with zero attached hydrogens (tertiary/aromatic N) is 1. The molecule has 0 fully saturated rings. The molecule has 1 aliphatic rings. The molecule has 0 aromatic heterocycles. The monoisotopic (exact) mass is 579 g/mol. The van der Waals surface area contributed by atoms with E-state index >= 15 is 0 Å². The smallest absolute Gasteiger partial charge is 0.250 e. The molecule has 42 heavy (non-hydrogen) atoms. The van der Waals surface area contributed by atoms with Crippen LogP contribution < -0.4 is 29.7 Å². The molecule has 0 aliphatic carbocycles. The van der Waals surface area contributed by atoms with E-state index < -0.39 is 0 Å². The van der Waals surface area contributed by atoms with Gasteiger partial charge < -0.3 is 44.0 Å². The number of ether oxygens (including phenoxy) is 6. The first kappa shape index (κ1) is 30.6. The van der Waals surface area contributed by atoms with Gasteiger partial charge in [0, 0.05) is 7.11 Å². The van der Waals surface area contributed by atoms with Gasteiger partial charge in [0.25, 0.3) is 0 Å². The molecule has 2 N–H and O–H groups in total. The van der Waals surface area contributed by atoms with Gasteiger partial charge in [0.05, 0.1) is 50.0 Å². The molecule has 11 heteroatoms. The predicted octanol–water partition coefficient (Wildman–Crippen LogP) is 3.60. The van der Waals surface area contributed by atoms with E-state index in [1.165, 1.54) is 0 Å². The number of nitrogens with one attached hydrogen (secondary N) is 2. The van der Waals surface area contributed by atoms with Gasteiger partial charge in [0.1, 0.15) is 50.3 Å². The average Bonchev–Trinajstić information content (AvgIpc) is 3.00. The fraction of sp³-hybridized carbons (Fsp3) is 0.355. The Labute approximate surface area is 245 Å². The lowest BCUT2D eigenvalue weighted by atomic mass is 10.2. The molecule has 4 rings (SSSR count). The van der Waals surface area contributed by atoms with Gasteiger partial charge in [-0.3, -0.25) is 9.59 Å². The first-order valence-corrected chi connectivity index (χ1v) is 13.8. The van der Waals surface area contributed by atoms with Crippen molar-refractivity contribution in [1.29, 1.82) is 0 Å². The lowest BCUT2D eigenvalue weighted by Crippen LogP contribution is -2.33. The summed E-state index contributed by atoms with van der Waals surface area (Å²) in [6.07, 6.45) is 0. The summed E-state index contributed by atoms with van der Waals surface area (Å²) >= 11 is 0. The number of carbonyl (C=O) groups is 2. The fourth-order valence-corrected chi connectivity index (χ4v) is 4.17. The highest BCUT2D eigenvalue weighted by Crippen LogP contribution is 2.29. The number of hydrogen-bond acceptors (Lipinski definition) is 9. The predicted molar refractivity (Wildman–Crippen MR) is 159 cm³/mol. The second kappa shape index (κ2) is 16.8. The minimum Gasteiger partial charge on any atom is -0.490 e. The highest BCUT2D eigenvalue weighted by Gasteiger charge is 2.15. The van der Waals surface area contributed by atoms with E-state index in [0.717, 1.165) is 5.69 Å². The molecule has 2 amide bonds. The third-order valence-electron chi connectivity index (χ3n) is 6.15. The molecule has 0 saturated heterocycles. The normalized spacial score (nSPS) is 15.9. The Morgan fingerprint density at radius 1 is 0.690 bits per heavy atom. The van der Waals surface area contributed by atoms with Crippen LogP contribution in [0.2, 0.25) is 0 Å². The molecule has 0 atom stereocenters. The Balaban J connectivity index is 1.54. The third kappa shape index (κ3) is 9.65. The number of methoxy groups -OCH3 is 1. The van der Waals surface area contributed by atoms with Crippen LogP contribution in [0.15, 0.2) is 72.8 Å². The van der Waals surface area contributed by atoms with E-state index in [1.807, 2.05) is 48.5 Å². The summed E-state index contributed by atoms with van der Waals surface area (Å²) in [4.78, 5) is 27.0. The molecular formula is C31H37N3O8. The van der Waals surface area contributed by atoms with Crippen molar-refractivity contribution < 1.29 is 38.0 Å². The second-order valence-electron chi connectivity index (χ2n) is 9.19. The van der Waals surface area contributed by atoms with Crippen molar-refractivity contribution >= 4 is 28.9 Å². The maximum atomic E-state index is 12.5. The van der Waals surface area contributed by atoms with Gasteiger partial charge in [-0.15, -0.1) is 0 Å². The van der Waals surface area contributed by atoms with E-state index in [4.69, 9.17) is 28.4 Å². The van der Waals surface area contributed by atoms with Gasteiger partial charge in [0.2, 0.25) is 11.8 Å². The van der Waals surface area contributed by atoms with Gasteiger partial charge in [-0.25, -0.2) is 0 Å². The summed E-state index contributed by atoms with van der Waals surface area (Å²) in [7, 11) is 1.63. The second-order valence-corrected chi connectivity index (χ2v) is 9.19. The largest absolute Gasteiger partial charge is 0.490 e. The van der Waals surface area contributed by atoms with Crippen molar-refractivity contribution in [3.05, 3.63) is 72.8 Å². The highest BCUT2D eigenvalue weighted by atomic mass is 16.5. The minimum absolute atomic E-state index is 0.158. The van der Waals surface area contributed by atoms with Crippen LogP contribution in [-0.4, -0.2) is 84.9 Å². The number of benzene rings is 3. The average molecular weight is 580 g/mol. The number of anilines is 3. The van der Waals surface area contributed by atoms with E-state index in [0.29, 0.717) is 68.1 Å². The standard InChI is InChI=1S/C31H37N3O8/c1-37-18-21-42-29-13-7-4-10-26(29)34-14-16-40-27-11-5-2-8-24(27)32-30(35)22-38-19-20-39-23-31(36)33-25-9-3-6-12-28(25)41-17-15-34/h2-13H,14-23H2,1H3,(H,32,35)(H,33,36). The SMILES string of the molecule is COCCOc1ccccc1N1CCOc2ccccc2NC(=O)COCCOCC(=O)Nc2ccccc2OCC1. The van der Waals surface area contributed by atoms with Crippen molar-refractivity contribution in [2.24, 2.45) is 0 Å². The van der Waals surface area contributed by atoms with E-state index in [9.17, 15) is 9.59 Å². The molecule has 11 nitrogen and oxygen atoms in total. The quantitative estimate of drug-likeness (QED) is 0.438. The maximum Gasteiger partial charge on any atom is 0.250 e. The first-order valence-electron chi connectivity index (χ1n) is 13.8. The van der Waals surface area contributed by atoms with Gasteiger partial charge in [0.15, 0.2) is 0 Å². The van der Waals surface area contributed by atoms with Crippen molar-refractivity contribution in [3.8, 4) is 17.2 Å². The Hall–Kier alpha value is -4.32. The fourth-order valence-electron chi connectivity index (χ4n) is 4.17. The number of fused-ring (bicyclic) bond motifs is 2. The van der Waals surface area contributed by atoms with Gasteiger partial charge in [-0.05, 0) is 36.4 Å². The van der Waals surface area contributed by atoms with Crippen LogP contribution in [0.4, 0.5) is 17.1 Å². The first-order chi connectivity index (χ1) is 20.6. The minimum atomic E-state index is -0.327. The van der Waals surface area contributed by atoms with E-state index in [-0.39, 0.29) is 38.2 Å². The third-order valence-corrected chi connectivity index (χ3v) is 6.15. The molecule has 1 heterocycles. The van der Waals surface area contributed by atoms with Crippen LogP contribution in [0.1, 0.15) is 0 Å². The van der Waals surface area contributed by atoms with Crippen LogP contribution in [0.3, 0.4) is 0 Å². The summed E-state index contributed by atoms with van der Waals surface area (Å²) in [5.41, 5.74) is 1.95. The van der Waals surface area contributed by atoms with Crippen LogP contribution in [-0.2, 0) is 23.8 Å². The molecule has 3 aromatic carbocycles. The van der Waals surface area contributed by atoms with Crippen molar-refractivity contribution in [1.82, 2.24) is 0 Å². The van der Waals surface area contributed by atoms with Gasteiger partial charge in [-0.2, -0.15) is 0 Å². The Bertz CT molecular complexity index is 1220. The molecule has 224 valence electrons. The van der Waals surface area contributed by atoms with Crippen LogP contribution >= 0.6 is 0 Å². The van der Waals surface area contributed by atoms with Crippen molar-refractivity contribution in [2.45, 2.75) is 0 Å². The summed E-state index contributed by atoms with van der Waals surface area (Å²) < 4.78 is 34.2. The summed E-state index contributed by atoms with van der Waals surface area (Å²) in [6, 6.07) is 22.2. The maximum absolute atomic E-state index is 12.5. The van der Waals surface area contributed by atoms with Gasteiger partial charge >= 0.3 is 0 Å². The number of rotatable bonds is 5. The topological polar surface area (TPSA) is 117 Å². The lowest BCUT2D eigenvalue weighted by molar-refractivity contribution is -0.124. The summed E-state index contributed by atoms with van der Waals surface area (Å²) in [6.45, 7) is 2.48. The Morgan fingerprint density at radius 3 is 1.79 bits per heavy atom. The van der Waals surface area contributed by atoms with Crippen molar-refractivity contribution in [2.75, 3.05) is 88.6 Å². The Morgan fingerprint density at radius 2 is 1.21 bits per heavy atom. The molecule has 3 aromatic rings. The number of amides is 2. The molecule has 0 unspecified atom stereocenters. The Kier molecular flexibility index (Phi) is 12.3. The number of hydrogen-bond donors (Lipinski definition) is 2. The molecule has 0 radical (unpaired) electrons. The molecule has 0 spiro atoms.